The van der Waals surface area contributed by atoms with Crippen LogP contribution in [-0.2, 0) is 4.79 Å². The molecule has 0 amide bonds. The zero-order chi connectivity index (χ0) is 10.5. The maximum atomic E-state index is 11.8. The molecule has 1 fully saturated rings. The average molecular weight is 206 g/mol. The van der Waals surface area contributed by atoms with Gasteiger partial charge < -0.3 is 0 Å². The number of carbonyl (C=O) groups is 1. The smallest absolute Gasteiger partial charge is 0.137 e. The highest BCUT2D eigenvalue weighted by Crippen LogP contribution is 2.29. The van der Waals surface area contributed by atoms with Crippen molar-refractivity contribution in [1.82, 2.24) is 0 Å². The Morgan fingerprint density at radius 1 is 1.20 bits per heavy atom. The Kier molecular flexibility index (Phi) is 3.99. The quantitative estimate of drug-likeness (QED) is 0.635. The molecule has 0 spiro atoms. The molecule has 2 rings (SSSR count). The van der Waals surface area contributed by atoms with Crippen LogP contribution in [0.1, 0.15) is 64.2 Å². The Morgan fingerprint density at radius 2 is 2.00 bits per heavy atom. The van der Waals surface area contributed by atoms with Crippen LogP contribution in [0.25, 0.3) is 0 Å². The van der Waals surface area contributed by atoms with Gasteiger partial charge in [0.2, 0.25) is 0 Å². The van der Waals surface area contributed by atoms with E-state index in [1.165, 1.54) is 56.9 Å². The van der Waals surface area contributed by atoms with E-state index in [9.17, 15) is 4.79 Å². The molecule has 2 aliphatic carbocycles. The first-order valence-electron chi connectivity index (χ1n) is 6.54. The van der Waals surface area contributed by atoms with Gasteiger partial charge in [-0.1, -0.05) is 37.3 Å². The molecule has 1 saturated carbocycles. The van der Waals surface area contributed by atoms with Crippen LogP contribution in [0.3, 0.4) is 0 Å². The number of allylic oxidation sites excluding steroid dienone is 2. The lowest BCUT2D eigenvalue weighted by atomic mass is 9.92. The van der Waals surface area contributed by atoms with E-state index in [0.717, 1.165) is 18.8 Å². The monoisotopic (exact) mass is 206 g/mol. The highest BCUT2D eigenvalue weighted by atomic mass is 16.1. The molecule has 0 heterocycles. The van der Waals surface area contributed by atoms with Crippen LogP contribution in [0.15, 0.2) is 11.6 Å². The number of carbonyl (C=O) groups excluding carboxylic acids is 1. The maximum Gasteiger partial charge on any atom is 0.137 e. The Morgan fingerprint density at radius 3 is 2.67 bits per heavy atom. The molecule has 0 unspecified atom stereocenters. The highest BCUT2D eigenvalue weighted by Gasteiger charge is 2.19. The van der Waals surface area contributed by atoms with Gasteiger partial charge in [-0.25, -0.2) is 0 Å². The van der Waals surface area contributed by atoms with E-state index < -0.39 is 0 Å². The standard InChI is InChI=1S/C14H22O/c15-14(11-13-8-4-5-9-13)10-12-6-2-1-3-7-12/h6,13H,1-5,7-11H2. The summed E-state index contributed by atoms with van der Waals surface area (Å²) in [5.74, 6) is 1.22. The van der Waals surface area contributed by atoms with Gasteiger partial charge >= 0.3 is 0 Å². The largest absolute Gasteiger partial charge is 0.299 e. The fraction of sp³-hybridized carbons (Fsp3) is 0.786. The van der Waals surface area contributed by atoms with Gasteiger partial charge in [-0.2, -0.15) is 0 Å². The first-order chi connectivity index (χ1) is 7.34. The van der Waals surface area contributed by atoms with Gasteiger partial charge in [0.1, 0.15) is 5.78 Å². The van der Waals surface area contributed by atoms with E-state index in [4.69, 9.17) is 0 Å². The van der Waals surface area contributed by atoms with E-state index in [-0.39, 0.29) is 0 Å². The molecule has 1 heteroatoms. The van der Waals surface area contributed by atoms with Crippen molar-refractivity contribution < 1.29 is 4.79 Å². The minimum Gasteiger partial charge on any atom is -0.299 e. The zero-order valence-corrected chi connectivity index (χ0v) is 9.63. The second-order valence-electron chi connectivity index (χ2n) is 5.18. The van der Waals surface area contributed by atoms with Gasteiger partial charge in [0.15, 0.2) is 0 Å². The lowest BCUT2D eigenvalue weighted by Crippen LogP contribution is -2.07. The predicted octanol–water partition coefficient (Wildman–Crippen LogP) is 4.03. The minimum absolute atomic E-state index is 0.495. The lowest BCUT2D eigenvalue weighted by Gasteiger charge is -2.13. The SMILES string of the molecule is O=C(CC1=CCCCC1)CC1CCCC1. The molecule has 1 nitrogen and oxygen atoms in total. The number of rotatable bonds is 4. The second kappa shape index (κ2) is 5.48. The summed E-state index contributed by atoms with van der Waals surface area (Å²) >= 11 is 0. The van der Waals surface area contributed by atoms with Crippen molar-refractivity contribution in [3.05, 3.63) is 11.6 Å². The first kappa shape index (κ1) is 10.9. The van der Waals surface area contributed by atoms with Crippen LogP contribution in [0, 0.1) is 5.92 Å². The van der Waals surface area contributed by atoms with E-state index in [2.05, 4.69) is 6.08 Å². The summed E-state index contributed by atoms with van der Waals surface area (Å²) < 4.78 is 0. The van der Waals surface area contributed by atoms with E-state index >= 15 is 0 Å². The molecular formula is C14H22O. The van der Waals surface area contributed by atoms with E-state index in [1.54, 1.807) is 0 Å². The lowest BCUT2D eigenvalue weighted by molar-refractivity contribution is -0.119. The topological polar surface area (TPSA) is 17.1 Å². The van der Waals surface area contributed by atoms with Crippen LogP contribution < -0.4 is 0 Å². The number of Topliss-reactive ketones (excluding diaryl/α,β-unsaturated/α-hetero) is 1. The van der Waals surface area contributed by atoms with Gasteiger partial charge in [-0.3, -0.25) is 4.79 Å². The van der Waals surface area contributed by atoms with E-state index in [0.29, 0.717) is 5.78 Å². The van der Waals surface area contributed by atoms with Crippen LogP contribution in [0.4, 0.5) is 0 Å². The fourth-order valence-corrected chi connectivity index (χ4v) is 2.93. The molecule has 0 saturated heterocycles. The van der Waals surface area contributed by atoms with Crippen LogP contribution in [0.5, 0.6) is 0 Å². The minimum atomic E-state index is 0.495. The summed E-state index contributed by atoms with van der Waals surface area (Å²) in [5, 5.41) is 0. The van der Waals surface area contributed by atoms with Gasteiger partial charge in [-0.15, -0.1) is 0 Å². The average Bonchev–Trinajstić information content (AvgIpc) is 2.71. The third-order valence-corrected chi connectivity index (χ3v) is 3.80. The van der Waals surface area contributed by atoms with Crippen LogP contribution in [0.2, 0.25) is 0 Å². The molecular weight excluding hydrogens is 184 g/mol. The van der Waals surface area contributed by atoms with Gasteiger partial charge in [0.25, 0.3) is 0 Å². The van der Waals surface area contributed by atoms with E-state index in [1.807, 2.05) is 0 Å². The molecule has 0 aromatic heterocycles. The zero-order valence-electron chi connectivity index (χ0n) is 9.63. The summed E-state index contributed by atoms with van der Waals surface area (Å²) in [6.45, 7) is 0. The highest BCUT2D eigenvalue weighted by molar-refractivity contribution is 5.81. The Hall–Kier alpha value is -0.590. The fourth-order valence-electron chi connectivity index (χ4n) is 2.93. The van der Waals surface area contributed by atoms with Crippen LogP contribution >= 0.6 is 0 Å². The molecule has 0 aliphatic heterocycles. The van der Waals surface area contributed by atoms with Crippen LogP contribution in [-0.4, -0.2) is 5.78 Å². The Balaban J connectivity index is 1.73. The number of hydrogen-bond acceptors (Lipinski definition) is 1. The Labute approximate surface area is 92.9 Å². The van der Waals surface area contributed by atoms with Crippen molar-refractivity contribution in [2.45, 2.75) is 64.2 Å². The predicted molar refractivity (Wildman–Crippen MR) is 62.8 cm³/mol. The summed E-state index contributed by atoms with van der Waals surface area (Å²) in [6.07, 6.45) is 14.2. The number of hydrogen-bond donors (Lipinski definition) is 0. The van der Waals surface area contributed by atoms with Gasteiger partial charge in [-0.05, 0) is 31.6 Å². The molecule has 0 N–H and O–H groups in total. The van der Waals surface area contributed by atoms with Gasteiger partial charge in [0, 0.05) is 12.8 Å². The normalized spacial score (nSPS) is 22.8. The third kappa shape index (κ3) is 3.48. The summed E-state index contributed by atoms with van der Waals surface area (Å²) in [5.41, 5.74) is 1.42. The molecule has 0 bridgehead atoms. The van der Waals surface area contributed by atoms with Crippen molar-refractivity contribution in [2.24, 2.45) is 5.92 Å². The third-order valence-electron chi connectivity index (χ3n) is 3.80. The van der Waals surface area contributed by atoms with Crippen molar-refractivity contribution in [3.8, 4) is 0 Å². The van der Waals surface area contributed by atoms with Crippen molar-refractivity contribution >= 4 is 5.78 Å². The van der Waals surface area contributed by atoms with Crippen molar-refractivity contribution in [2.75, 3.05) is 0 Å². The maximum absolute atomic E-state index is 11.8. The number of ketones is 1. The molecule has 0 atom stereocenters. The molecule has 84 valence electrons. The first-order valence-corrected chi connectivity index (χ1v) is 6.54. The molecule has 0 aromatic carbocycles. The second-order valence-corrected chi connectivity index (χ2v) is 5.18. The summed E-state index contributed by atoms with van der Waals surface area (Å²) in [7, 11) is 0. The van der Waals surface area contributed by atoms with Crippen molar-refractivity contribution in [1.29, 1.82) is 0 Å². The molecule has 0 radical (unpaired) electrons. The Bertz CT molecular complexity index is 246. The molecule has 2 aliphatic rings. The summed E-state index contributed by atoms with van der Waals surface area (Å²) in [4.78, 5) is 11.8. The molecule has 0 aromatic rings. The van der Waals surface area contributed by atoms with Crippen molar-refractivity contribution in [3.63, 3.8) is 0 Å². The molecule has 15 heavy (non-hydrogen) atoms. The van der Waals surface area contributed by atoms with Gasteiger partial charge in [0.05, 0.1) is 0 Å². The summed E-state index contributed by atoms with van der Waals surface area (Å²) in [6, 6.07) is 0.